The molecule has 0 bridgehead atoms. The lowest BCUT2D eigenvalue weighted by molar-refractivity contribution is -0.176. The highest BCUT2D eigenvalue weighted by Crippen LogP contribution is 2.01. The van der Waals surface area contributed by atoms with E-state index in [0.717, 1.165) is 0 Å². The molecule has 0 aromatic heterocycles. The van der Waals surface area contributed by atoms with Gasteiger partial charge in [0.15, 0.2) is 30.7 Å². The van der Waals surface area contributed by atoms with Crippen molar-refractivity contribution in [2.75, 3.05) is 13.7 Å². The highest BCUT2D eigenvalue weighted by molar-refractivity contribution is 5.85. The van der Waals surface area contributed by atoms with Crippen LogP contribution in [-0.2, 0) is 38.1 Å². The molecule has 0 saturated carbocycles. The topological polar surface area (TPSA) is 105 Å². The van der Waals surface area contributed by atoms with Crippen LogP contribution >= 0.6 is 0 Å². The minimum absolute atomic E-state index is 0.328. The molecule has 0 radical (unpaired) electrons. The van der Waals surface area contributed by atoms with Gasteiger partial charge in [-0.25, -0.2) is 14.4 Å². The summed E-state index contributed by atoms with van der Waals surface area (Å²) in [7, 11) is 1.32. The molecule has 0 fully saturated rings. The normalized spacial score (nSPS) is 14.5. The molecule has 0 N–H and O–H groups in total. The summed E-state index contributed by atoms with van der Waals surface area (Å²) in [5, 5.41) is 0. The van der Waals surface area contributed by atoms with E-state index >= 15 is 0 Å². The van der Waals surface area contributed by atoms with Gasteiger partial charge in [0.2, 0.25) is 0 Å². The zero-order valence-corrected chi connectivity index (χ0v) is 12.7. The number of hydrogen-bond donors (Lipinski definition) is 0. The summed E-state index contributed by atoms with van der Waals surface area (Å²) in [4.78, 5) is 45.0. The number of hydrogen-bond acceptors (Lipinski definition) is 8. The summed E-state index contributed by atoms with van der Waals surface area (Å²) >= 11 is 0. The first-order chi connectivity index (χ1) is 9.68. The van der Waals surface area contributed by atoms with Crippen molar-refractivity contribution < 1.29 is 38.1 Å². The van der Waals surface area contributed by atoms with Crippen molar-refractivity contribution in [1.82, 2.24) is 0 Å². The average Bonchev–Trinajstić information content (AvgIpc) is 2.43. The number of Topliss-reactive ketones (excluding diaryl/α,β-unsaturated/α-hetero) is 1. The van der Waals surface area contributed by atoms with Crippen LogP contribution in [0.2, 0.25) is 0 Å². The van der Waals surface area contributed by atoms with Gasteiger partial charge in [-0.1, -0.05) is 0 Å². The van der Waals surface area contributed by atoms with E-state index in [1.54, 1.807) is 0 Å². The smallest absolute Gasteiger partial charge is 0.347 e. The largest absolute Gasteiger partial charge is 0.452 e. The van der Waals surface area contributed by atoms with Gasteiger partial charge >= 0.3 is 17.9 Å². The fourth-order valence-electron chi connectivity index (χ4n) is 0.976. The molecule has 0 aromatic rings. The molecule has 3 atom stereocenters. The molecular weight excluding hydrogens is 284 g/mol. The number of carbonyl (C=O) groups is 4. The van der Waals surface area contributed by atoms with Crippen molar-refractivity contribution in [3.05, 3.63) is 0 Å². The van der Waals surface area contributed by atoms with Crippen molar-refractivity contribution in [1.29, 1.82) is 0 Å². The second-order valence-corrected chi connectivity index (χ2v) is 4.31. The van der Waals surface area contributed by atoms with Gasteiger partial charge in [0, 0.05) is 7.11 Å². The molecule has 0 rings (SSSR count). The Kier molecular flexibility index (Phi) is 8.22. The van der Waals surface area contributed by atoms with Gasteiger partial charge in [-0.2, -0.15) is 0 Å². The highest BCUT2D eigenvalue weighted by atomic mass is 16.6. The Bertz CT molecular complexity index is 403. The predicted octanol–water partition coefficient (Wildman–Crippen LogP) is 0.0169. The lowest BCUT2D eigenvalue weighted by Gasteiger charge is -2.15. The van der Waals surface area contributed by atoms with Crippen molar-refractivity contribution in [2.45, 2.75) is 46.0 Å². The van der Waals surface area contributed by atoms with Crippen LogP contribution in [-0.4, -0.2) is 55.7 Å². The Balaban J connectivity index is 4.16. The van der Waals surface area contributed by atoms with Crippen LogP contribution in [0.5, 0.6) is 0 Å². The Morgan fingerprint density at radius 2 is 1.43 bits per heavy atom. The third-order valence-electron chi connectivity index (χ3n) is 2.52. The molecule has 3 unspecified atom stereocenters. The molecule has 0 heterocycles. The standard InChI is InChI=1S/C13H20O8/c1-7(14)8(2)20-11(15)6-19-12(16)10(4)21-13(17)9(3)18-5/h8-10H,6H2,1-5H3. The van der Waals surface area contributed by atoms with Gasteiger partial charge in [0.25, 0.3) is 0 Å². The lowest BCUT2D eigenvalue weighted by atomic mass is 10.3. The Morgan fingerprint density at radius 1 is 0.857 bits per heavy atom. The first kappa shape index (κ1) is 19.0. The van der Waals surface area contributed by atoms with E-state index in [9.17, 15) is 19.2 Å². The Labute approximate surface area is 122 Å². The molecule has 0 saturated heterocycles. The molecule has 120 valence electrons. The maximum absolute atomic E-state index is 11.5. The minimum Gasteiger partial charge on any atom is -0.452 e. The van der Waals surface area contributed by atoms with Crippen molar-refractivity contribution in [3.8, 4) is 0 Å². The predicted molar refractivity (Wildman–Crippen MR) is 69.2 cm³/mol. The third kappa shape index (κ3) is 7.40. The van der Waals surface area contributed by atoms with Crippen LogP contribution in [0.4, 0.5) is 0 Å². The van der Waals surface area contributed by atoms with E-state index in [1.165, 1.54) is 34.8 Å². The number of carbonyl (C=O) groups excluding carboxylic acids is 4. The second-order valence-electron chi connectivity index (χ2n) is 4.31. The van der Waals surface area contributed by atoms with Gasteiger partial charge in [-0.05, 0) is 27.7 Å². The van der Waals surface area contributed by atoms with Crippen LogP contribution in [0.25, 0.3) is 0 Å². The van der Waals surface area contributed by atoms with Crippen molar-refractivity contribution >= 4 is 23.7 Å². The summed E-state index contributed by atoms with van der Waals surface area (Å²) in [5.74, 6) is -2.82. The van der Waals surface area contributed by atoms with Crippen LogP contribution in [0.15, 0.2) is 0 Å². The monoisotopic (exact) mass is 304 g/mol. The Morgan fingerprint density at radius 3 is 1.90 bits per heavy atom. The van der Waals surface area contributed by atoms with Gasteiger partial charge in [-0.15, -0.1) is 0 Å². The van der Waals surface area contributed by atoms with Crippen LogP contribution < -0.4 is 0 Å². The maximum atomic E-state index is 11.5. The minimum atomic E-state index is -1.19. The number of methoxy groups -OCH3 is 1. The summed E-state index contributed by atoms with van der Waals surface area (Å²) < 4.78 is 18.8. The van der Waals surface area contributed by atoms with Crippen LogP contribution in [0.1, 0.15) is 27.7 Å². The molecule has 0 aliphatic rings. The fraction of sp³-hybridized carbons (Fsp3) is 0.692. The Hall–Kier alpha value is -1.96. The zero-order chi connectivity index (χ0) is 16.6. The SMILES string of the molecule is COC(C)C(=O)OC(C)C(=O)OCC(=O)OC(C)C(C)=O. The number of rotatable bonds is 8. The number of ketones is 1. The van der Waals surface area contributed by atoms with E-state index in [4.69, 9.17) is 9.47 Å². The summed E-state index contributed by atoms with van der Waals surface area (Å²) in [6.07, 6.45) is -2.91. The van der Waals surface area contributed by atoms with Crippen LogP contribution in [0, 0.1) is 0 Å². The summed E-state index contributed by atoms with van der Waals surface area (Å²) in [5.41, 5.74) is 0. The van der Waals surface area contributed by atoms with E-state index in [-0.39, 0.29) is 5.78 Å². The molecule has 0 aliphatic carbocycles. The molecule has 0 spiro atoms. The molecule has 0 aliphatic heterocycles. The van der Waals surface area contributed by atoms with Crippen LogP contribution in [0.3, 0.4) is 0 Å². The third-order valence-corrected chi connectivity index (χ3v) is 2.52. The average molecular weight is 304 g/mol. The van der Waals surface area contributed by atoms with E-state index < -0.39 is 42.8 Å². The van der Waals surface area contributed by atoms with E-state index in [2.05, 4.69) is 9.47 Å². The first-order valence-electron chi connectivity index (χ1n) is 6.28. The molecular formula is C13H20O8. The molecule has 0 amide bonds. The van der Waals surface area contributed by atoms with Crippen molar-refractivity contribution in [3.63, 3.8) is 0 Å². The maximum Gasteiger partial charge on any atom is 0.347 e. The van der Waals surface area contributed by atoms with Gasteiger partial charge in [0.1, 0.15) is 0 Å². The summed E-state index contributed by atoms with van der Waals surface area (Å²) in [6, 6.07) is 0. The van der Waals surface area contributed by atoms with Gasteiger partial charge < -0.3 is 18.9 Å². The number of ether oxygens (including phenoxy) is 4. The quantitative estimate of drug-likeness (QED) is 0.456. The molecule has 21 heavy (non-hydrogen) atoms. The van der Waals surface area contributed by atoms with Crippen molar-refractivity contribution in [2.24, 2.45) is 0 Å². The molecule has 8 nitrogen and oxygen atoms in total. The fourth-order valence-corrected chi connectivity index (χ4v) is 0.976. The van der Waals surface area contributed by atoms with Gasteiger partial charge in [-0.3, -0.25) is 4.79 Å². The highest BCUT2D eigenvalue weighted by Gasteiger charge is 2.24. The molecule has 8 heteroatoms. The van der Waals surface area contributed by atoms with E-state index in [0.29, 0.717) is 0 Å². The van der Waals surface area contributed by atoms with Gasteiger partial charge in [0.05, 0.1) is 0 Å². The number of esters is 3. The van der Waals surface area contributed by atoms with E-state index in [1.807, 2.05) is 0 Å². The first-order valence-corrected chi connectivity index (χ1v) is 6.28. The molecule has 0 aromatic carbocycles. The lowest BCUT2D eigenvalue weighted by Crippen LogP contribution is -2.33. The zero-order valence-electron chi connectivity index (χ0n) is 12.7. The summed E-state index contributed by atoms with van der Waals surface area (Å²) in [6.45, 7) is 4.76. The second kappa shape index (κ2) is 9.06.